The molecule has 0 aliphatic rings. The summed E-state index contributed by atoms with van der Waals surface area (Å²) in [7, 11) is 0. The molecule has 1 N–H and O–H groups in total. The van der Waals surface area contributed by atoms with Crippen molar-refractivity contribution >= 4 is 35.0 Å². The molecule has 0 heterocycles. The standard InChI is InChI=1S/C25H24Cl2N2O3/c1-18(25(31)28-15-20-11-5-6-12-21(20)26)29(16-19-9-3-2-4-10-19)24(30)17-32-23-14-8-7-13-22(23)27/h2-14,18H,15-17H2,1H3,(H,28,31)/t18-/m1/s1. The molecule has 0 unspecified atom stereocenters. The van der Waals surface area contributed by atoms with Crippen molar-refractivity contribution in [1.29, 1.82) is 0 Å². The van der Waals surface area contributed by atoms with E-state index in [4.69, 9.17) is 27.9 Å². The Labute approximate surface area is 197 Å². The molecule has 0 radical (unpaired) electrons. The number of amides is 2. The molecule has 32 heavy (non-hydrogen) atoms. The summed E-state index contributed by atoms with van der Waals surface area (Å²) in [4.78, 5) is 27.4. The molecule has 0 aliphatic carbocycles. The second-order valence-electron chi connectivity index (χ2n) is 7.21. The number of benzene rings is 3. The Morgan fingerprint density at radius 2 is 1.53 bits per heavy atom. The third-order valence-electron chi connectivity index (χ3n) is 4.96. The zero-order valence-corrected chi connectivity index (χ0v) is 19.1. The molecule has 7 heteroatoms. The van der Waals surface area contributed by atoms with Crippen molar-refractivity contribution < 1.29 is 14.3 Å². The van der Waals surface area contributed by atoms with E-state index in [2.05, 4.69) is 5.32 Å². The SMILES string of the molecule is C[C@H](C(=O)NCc1ccccc1Cl)N(Cc1ccccc1)C(=O)COc1ccccc1Cl. The van der Waals surface area contributed by atoms with Gasteiger partial charge in [0.05, 0.1) is 5.02 Å². The van der Waals surface area contributed by atoms with Crippen LogP contribution in [0, 0.1) is 0 Å². The van der Waals surface area contributed by atoms with Crippen LogP contribution in [0.4, 0.5) is 0 Å². The first-order chi connectivity index (χ1) is 15.5. The van der Waals surface area contributed by atoms with Gasteiger partial charge in [-0.05, 0) is 36.2 Å². The minimum Gasteiger partial charge on any atom is -0.482 e. The van der Waals surface area contributed by atoms with Crippen LogP contribution in [0.25, 0.3) is 0 Å². The van der Waals surface area contributed by atoms with Crippen LogP contribution in [0.2, 0.25) is 10.0 Å². The van der Waals surface area contributed by atoms with Gasteiger partial charge in [-0.1, -0.05) is 83.9 Å². The molecule has 2 amide bonds. The van der Waals surface area contributed by atoms with Crippen molar-refractivity contribution in [3.63, 3.8) is 0 Å². The topological polar surface area (TPSA) is 58.6 Å². The zero-order valence-electron chi connectivity index (χ0n) is 17.6. The highest BCUT2D eigenvalue weighted by Gasteiger charge is 2.26. The summed E-state index contributed by atoms with van der Waals surface area (Å²) in [5, 5.41) is 3.86. The van der Waals surface area contributed by atoms with Gasteiger partial charge in [-0.2, -0.15) is 0 Å². The average Bonchev–Trinajstić information content (AvgIpc) is 2.81. The monoisotopic (exact) mass is 470 g/mol. The fourth-order valence-corrected chi connectivity index (χ4v) is 3.51. The van der Waals surface area contributed by atoms with Gasteiger partial charge in [-0.15, -0.1) is 0 Å². The van der Waals surface area contributed by atoms with Gasteiger partial charge in [0.15, 0.2) is 6.61 Å². The first-order valence-electron chi connectivity index (χ1n) is 10.2. The number of hydrogen-bond donors (Lipinski definition) is 1. The number of nitrogens with zero attached hydrogens (tertiary/aromatic N) is 1. The maximum atomic E-state index is 13.1. The minimum atomic E-state index is -0.722. The third-order valence-corrected chi connectivity index (χ3v) is 5.64. The van der Waals surface area contributed by atoms with Crippen LogP contribution in [-0.2, 0) is 22.7 Å². The predicted molar refractivity (Wildman–Crippen MR) is 127 cm³/mol. The van der Waals surface area contributed by atoms with E-state index in [-0.39, 0.29) is 31.5 Å². The first-order valence-corrected chi connectivity index (χ1v) is 10.9. The van der Waals surface area contributed by atoms with E-state index < -0.39 is 6.04 Å². The molecule has 0 aliphatic heterocycles. The summed E-state index contributed by atoms with van der Waals surface area (Å²) >= 11 is 12.3. The van der Waals surface area contributed by atoms with Gasteiger partial charge in [0.25, 0.3) is 5.91 Å². The fraction of sp³-hybridized carbons (Fsp3) is 0.200. The van der Waals surface area contributed by atoms with E-state index in [1.54, 1.807) is 37.3 Å². The van der Waals surface area contributed by atoms with Gasteiger partial charge in [-0.3, -0.25) is 9.59 Å². The van der Waals surface area contributed by atoms with Crippen molar-refractivity contribution in [3.8, 4) is 5.75 Å². The summed E-state index contributed by atoms with van der Waals surface area (Å²) in [5.41, 5.74) is 1.71. The number of carbonyl (C=O) groups excluding carboxylic acids is 2. The number of nitrogens with one attached hydrogen (secondary N) is 1. The summed E-state index contributed by atoms with van der Waals surface area (Å²) in [6.45, 7) is 2.00. The predicted octanol–water partition coefficient (Wildman–Crippen LogP) is 5.11. The highest BCUT2D eigenvalue weighted by molar-refractivity contribution is 6.32. The van der Waals surface area contributed by atoms with Gasteiger partial charge in [0.1, 0.15) is 11.8 Å². The zero-order chi connectivity index (χ0) is 22.9. The van der Waals surface area contributed by atoms with Gasteiger partial charge in [-0.25, -0.2) is 0 Å². The molecule has 0 saturated carbocycles. The van der Waals surface area contributed by atoms with Crippen LogP contribution in [0.3, 0.4) is 0 Å². The second kappa shape index (κ2) is 11.6. The Morgan fingerprint density at radius 1 is 0.906 bits per heavy atom. The van der Waals surface area contributed by atoms with Crippen LogP contribution < -0.4 is 10.1 Å². The molecule has 3 aromatic rings. The molecule has 166 valence electrons. The van der Waals surface area contributed by atoms with E-state index in [0.717, 1.165) is 11.1 Å². The summed E-state index contributed by atoms with van der Waals surface area (Å²) in [6, 6.07) is 23.0. The lowest BCUT2D eigenvalue weighted by atomic mass is 10.1. The van der Waals surface area contributed by atoms with Crippen molar-refractivity contribution in [3.05, 3.63) is 100 Å². The van der Waals surface area contributed by atoms with Gasteiger partial charge >= 0.3 is 0 Å². The van der Waals surface area contributed by atoms with Gasteiger partial charge in [0.2, 0.25) is 5.91 Å². The average molecular weight is 471 g/mol. The van der Waals surface area contributed by atoms with Gasteiger partial charge in [0, 0.05) is 18.1 Å². The number of carbonyl (C=O) groups is 2. The van der Waals surface area contributed by atoms with Crippen LogP contribution in [0.1, 0.15) is 18.1 Å². The molecular formula is C25H24Cl2N2O3. The Hall–Kier alpha value is -3.02. The van der Waals surface area contributed by atoms with E-state index in [1.165, 1.54) is 4.90 Å². The molecule has 0 saturated heterocycles. The second-order valence-corrected chi connectivity index (χ2v) is 8.03. The fourth-order valence-electron chi connectivity index (χ4n) is 3.12. The summed E-state index contributed by atoms with van der Waals surface area (Å²) < 4.78 is 5.62. The van der Waals surface area contributed by atoms with Crippen LogP contribution in [-0.4, -0.2) is 29.4 Å². The highest BCUT2D eigenvalue weighted by Crippen LogP contribution is 2.23. The lowest BCUT2D eigenvalue weighted by Crippen LogP contribution is -2.48. The van der Waals surface area contributed by atoms with Crippen LogP contribution in [0.15, 0.2) is 78.9 Å². The van der Waals surface area contributed by atoms with Crippen molar-refractivity contribution in [2.24, 2.45) is 0 Å². The largest absolute Gasteiger partial charge is 0.482 e. The minimum absolute atomic E-state index is 0.237. The van der Waals surface area contributed by atoms with Crippen molar-refractivity contribution in [1.82, 2.24) is 10.2 Å². The molecule has 3 aromatic carbocycles. The number of hydrogen-bond acceptors (Lipinski definition) is 3. The molecule has 1 atom stereocenters. The first kappa shape index (κ1) is 23.6. The van der Waals surface area contributed by atoms with E-state index in [9.17, 15) is 9.59 Å². The molecule has 0 bridgehead atoms. The maximum absolute atomic E-state index is 13.1. The van der Waals surface area contributed by atoms with E-state index in [0.29, 0.717) is 15.8 Å². The lowest BCUT2D eigenvalue weighted by Gasteiger charge is -2.29. The highest BCUT2D eigenvalue weighted by atomic mass is 35.5. The number of para-hydroxylation sites is 1. The lowest BCUT2D eigenvalue weighted by molar-refractivity contribution is -0.142. The molecule has 5 nitrogen and oxygen atoms in total. The van der Waals surface area contributed by atoms with E-state index in [1.807, 2.05) is 48.5 Å². The normalized spacial score (nSPS) is 11.5. The summed E-state index contributed by atoms with van der Waals surface area (Å²) in [6.07, 6.45) is 0. The molecule has 0 fully saturated rings. The smallest absolute Gasteiger partial charge is 0.261 e. The molecule has 0 aromatic heterocycles. The Morgan fingerprint density at radius 3 is 2.22 bits per heavy atom. The number of ether oxygens (including phenoxy) is 1. The van der Waals surface area contributed by atoms with Gasteiger partial charge < -0.3 is 15.0 Å². The Bertz CT molecular complexity index is 1060. The van der Waals surface area contributed by atoms with Crippen LogP contribution in [0.5, 0.6) is 5.75 Å². The molecular weight excluding hydrogens is 447 g/mol. The number of halogens is 2. The molecule has 0 spiro atoms. The summed E-state index contributed by atoms with van der Waals surface area (Å²) in [5.74, 6) is -0.195. The Balaban J connectivity index is 1.70. The molecule has 3 rings (SSSR count). The van der Waals surface area contributed by atoms with E-state index >= 15 is 0 Å². The third kappa shape index (κ3) is 6.49. The number of rotatable bonds is 9. The maximum Gasteiger partial charge on any atom is 0.261 e. The van der Waals surface area contributed by atoms with Crippen LogP contribution >= 0.6 is 23.2 Å². The van der Waals surface area contributed by atoms with Crippen molar-refractivity contribution in [2.45, 2.75) is 26.1 Å². The quantitative estimate of drug-likeness (QED) is 0.472. The van der Waals surface area contributed by atoms with Crippen molar-refractivity contribution in [2.75, 3.05) is 6.61 Å². The Kier molecular flexibility index (Phi) is 8.54.